The highest BCUT2D eigenvalue weighted by atomic mass is 19.1. The van der Waals surface area contributed by atoms with E-state index in [-0.39, 0.29) is 12.1 Å². The molecule has 18 heavy (non-hydrogen) atoms. The second kappa shape index (κ2) is 5.95. The summed E-state index contributed by atoms with van der Waals surface area (Å²) in [5.74, 6) is -2.65. The van der Waals surface area contributed by atoms with Crippen LogP contribution in [-0.4, -0.2) is 17.0 Å². The third-order valence-electron chi connectivity index (χ3n) is 2.27. The fraction of sp³-hybridized carbons (Fsp3) is 0.231. The van der Waals surface area contributed by atoms with Gasteiger partial charge in [0.2, 0.25) is 0 Å². The molecule has 1 rings (SSSR count). The summed E-state index contributed by atoms with van der Waals surface area (Å²) < 4.78 is 13.2. The van der Waals surface area contributed by atoms with Gasteiger partial charge in [0.25, 0.3) is 5.91 Å². The Morgan fingerprint density at radius 1 is 1.33 bits per heavy atom. The summed E-state index contributed by atoms with van der Waals surface area (Å²) in [5, 5.41) is 11.2. The highest BCUT2D eigenvalue weighted by Crippen LogP contribution is 2.07. The molecule has 1 aromatic rings. The molecule has 0 atom stereocenters. The molecule has 5 heteroatoms. The first-order valence-corrected chi connectivity index (χ1v) is 5.35. The quantitative estimate of drug-likeness (QED) is 0.807. The Labute approximate surface area is 104 Å². The molecule has 0 bridgehead atoms. The molecule has 0 spiro atoms. The SMILES string of the molecule is CC(C)=C(F)C(=O)NCc1cccc(C(=O)O)c1. The number of rotatable bonds is 4. The number of halogens is 1. The number of aromatic carboxylic acids is 1. The van der Waals surface area contributed by atoms with Gasteiger partial charge >= 0.3 is 5.97 Å². The third kappa shape index (κ3) is 3.69. The highest BCUT2D eigenvalue weighted by molar-refractivity contribution is 5.91. The zero-order valence-electron chi connectivity index (χ0n) is 10.2. The predicted octanol–water partition coefficient (Wildman–Crippen LogP) is 2.26. The molecule has 0 aliphatic rings. The lowest BCUT2D eigenvalue weighted by Gasteiger charge is -2.05. The molecule has 0 aromatic heterocycles. The van der Waals surface area contributed by atoms with E-state index in [1.54, 1.807) is 12.1 Å². The number of carbonyl (C=O) groups is 2. The minimum atomic E-state index is -1.04. The summed E-state index contributed by atoms with van der Waals surface area (Å²) in [6.45, 7) is 3.08. The van der Waals surface area contributed by atoms with Crippen molar-refractivity contribution < 1.29 is 19.1 Å². The van der Waals surface area contributed by atoms with Gasteiger partial charge in [-0.15, -0.1) is 0 Å². The van der Waals surface area contributed by atoms with Crippen LogP contribution in [0.15, 0.2) is 35.7 Å². The van der Waals surface area contributed by atoms with E-state index in [1.165, 1.54) is 26.0 Å². The zero-order chi connectivity index (χ0) is 13.7. The minimum Gasteiger partial charge on any atom is -0.478 e. The van der Waals surface area contributed by atoms with Crippen molar-refractivity contribution in [3.8, 4) is 0 Å². The van der Waals surface area contributed by atoms with Crippen LogP contribution in [0.5, 0.6) is 0 Å². The topological polar surface area (TPSA) is 66.4 Å². The molecule has 96 valence electrons. The van der Waals surface area contributed by atoms with E-state index in [2.05, 4.69) is 5.32 Å². The van der Waals surface area contributed by atoms with Gasteiger partial charge in [0.15, 0.2) is 5.83 Å². The van der Waals surface area contributed by atoms with E-state index in [0.29, 0.717) is 11.1 Å². The Kier molecular flexibility index (Phi) is 4.59. The van der Waals surface area contributed by atoms with Crippen molar-refractivity contribution in [1.29, 1.82) is 0 Å². The van der Waals surface area contributed by atoms with Crippen LogP contribution in [0.4, 0.5) is 4.39 Å². The summed E-state index contributed by atoms with van der Waals surface area (Å²) >= 11 is 0. The maximum atomic E-state index is 13.2. The first kappa shape index (κ1) is 13.9. The first-order chi connectivity index (χ1) is 8.41. The summed E-state index contributed by atoms with van der Waals surface area (Å²) in [4.78, 5) is 22.1. The fourth-order valence-corrected chi connectivity index (χ4v) is 1.30. The monoisotopic (exact) mass is 251 g/mol. The second-order valence-corrected chi connectivity index (χ2v) is 4.00. The van der Waals surface area contributed by atoms with Gasteiger partial charge in [-0.1, -0.05) is 12.1 Å². The van der Waals surface area contributed by atoms with Crippen molar-refractivity contribution in [1.82, 2.24) is 5.32 Å². The van der Waals surface area contributed by atoms with Crippen LogP contribution in [0.2, 0.25) is 0 Å². The summed E-state index contributed by atoms with van der Waals surface area (Å²) in [6.07, 6.45) is 0. The van der Waals surface area contributed by atoms with Crippen LogP contribution in [0.25, 0.3) is 0 Å². The van der Waals surface area contributed by atoms with Crippen LogP contribution in [-0.2, 0) is 11.3 Å². The molecular formula is C13H14FNO3. The first-order valence-electron chi connectivity index (χ1n) is 5.35. The molecule has 0 aliphatic heterocycles. The summed E-state index contributed by atoms with van der Waals surface area (Å²) in [7, 11) is 0. The van der Waals surface area contributed by atoms with Crippen molar-refractivity contribution in [3.05, 3.63) is 46.8 Å². The van der Waals surface area contributed by atoms with Crippen molar-refractivity contribution in [3.63, 3.8) is 0 Å². The van der Waals surface area contributed by atoms with Crippen LogP contribution >= 0.6 is 0 Å². The second-order valence-electron chi connectivity index (χ2n) is 4.00. The number of nitrogens with one attached hydrogen (secondary N) is 1. The molecule has 0 saturated carbocycles. The Morgan fingerprint density at radius 3 is 2.56 bits per heavy atom. The number of hydrogen-bond donors (Lipinski definition) is 2. The van der Waals surface area contributed by atoms with E-state index in [9.17, 15) is 14.0 Å². The molecule has 1 aromatic carbocycles. The van der Waals surface area contributed by atoms with Crippen molar-refractivity contribution in [2.24, 2.45) is 0 Å². The van der Waals surface area contributed by atoms with E-state index < -0.39 is 17.7 Å². The highest BCUT2D eigenvalue weighted by Gasteiger charge is 2.10. The van der Waals surface area contributed by atoms with E-state index in [4.69, 9.17) is 5.11 Å². The molecule has 4 nitrogen and oxygen atoms in total. The number of benzene rings is 1. The molecule has 1 amide bonds. The Hall–Kier alpha value is -2.17. The minimum absolute atomic E-state index is 0.0840. The number of hydrogen-bond acceptors (Lipinski definition) is 2. The van der Waals surface area contributed by atoms with Gasteiger partial charge in [-0.3, -0.25) is 4.79 Å². The number of amides is 1. The Bertz CT molecular complexity index is 505. The van der Waals surface area contributed by atoms with Gasteiger partial charge in [-0.25, -0.2) is 9.18 Å². The van der Waals surface area contributed by atoms with E-state index in [1.807, 2.05) is 0 Å². The number of allylic oxidation sites excluding steroid dienone is 1. The number of carboxylic acids is 1. The largest absolute Gasteiger partial charge is 0.478 e. The number of carboxylic acid groups (broad SMARTS) is 1. The standard InChI is InChI=1S/C13H14FNO3/c1-8(2)11(14)12(16)15-7-9-4-3-5-10(6-9)13(17)18/h3-6H,7H2,1-2H3,(H,15,16)(H,17,18). The van der Waals surface area contributed by atoms with Crippen molar-refractivity contribution >= 4 is 11.9 Å². The van der Waals surface area contributed by atoms with Crippen molar-refractivity contribution in [2.45, 2.75) is 20.4 Å². The normalized spacial score (nSPS) is 9.72. The van der Waals surface area contributed by atoms with Gasteiger partial charge in [-0.05, 0) is 37.1 Å². The lowest BCUT2D eigenvalue weighted by molar-refractivity contribution is -0.119. The smallest absolute Gasteiger partial charge is 0.335 e. The maximum Gasteiger partial charge on any atom is 0.335 e. The van der Waals surface area contributed by atoms with Gasteiger partial charge in [-0.2, -0.15) is 0 Å². The van der Waals surface area contributed by atoms with Gasteiger partial charge in [0.05, 0.1) is 5.56 Å². The number of carbonyl (C=O) groups excluding carboxylic acids is 1. The Balaban J connectivity index is 2.70. The Morgan fingerprint density at radius 2 is 2.00 bits per heavy atom. The van der Waals surface area contributed by atoms with E-state index in [0.717, 1.165) is 0 Å². The van der Waals surface area contributed by atoms with Crippen molar-refractivity contribution in [2.75, 3.05) is 0 Å². The summed E-state index contributed by atoms with van der Waals surface area (Å²) in [6, 6.07) is 6.11. The molecular weight excluding hydrogens is 237 g/mol. The van der Waals surface area contributed by atoms with Crippen LogP contribution in [0.3, 0.4) is 0 Å². The third-order valence-corrected chi connectivity index (χ3v) is 2.27. The molecule has 0 aliphatic carbocycles. The van der Waals surface area contributed by atoms with Gasteiger partial charge in [0.1, 0.15) is 0 Å². The van der Waals surface area contributed by atoms with Crippen LogP contribution in [0.1, 0.15) is 29.8 Å². The van der Waals surface area contributed by atoms with Gasteiger partial charge < -0.3 is 10.4 Å². The fourth-order valence-electron chi connectivity index (χ4n) is 1.30. The van der Waals surface area contributed by atoms with Crippen LogP contribution < -0.4 is 5.32 Å². The van der Waals surface area contributed by atoms with Gasteiger partial charge in [0, 0.05) is 6.54 Å². The molecule has 0 fully saturated rings. The lowest BCUT2D eigenvalue weighted by atomic mass is 10.1. The average Bonchev–Trinajstić information content (AvgIpc) is 2.35. The predicted molar refractivity (Wildman–Crippen MR) is 64.7 cm³/mol. The average molecular weight is 251 g/mol. The van der Waals surface area contributed by atoms with E-state index >= 15 is 0 Å². The molecule has 0 saturated heterocycles. The molecule has 0 radical (unpaired) electrons. The molecule has 0 unspecified atom stereocenters. The molecule has 2 N–H and O–H groups in total. The van der Waals surface area contributed by atoms with Crippen LogP contribution in [0, 0.1) is 0 Å². The maximum absolute atomic E-state index is 13.2. The zero-order valence-corrected chi connectivity index (χ0v) is 10.2. The molecule has 0 heterocycles. The lowest BCUT2D eigenvalue weighted by Crippen LogP contribution is -2.23. The summed E-state index contributed by atoms with van der Waals surface area (Å²) in [5.41, 5.74) is 1.03.